The van der Waals surface area contributed by atoms with Gasteiger partial charge in [0, 0.05) is 5.02 Å². The summed E-state index contributed by atoms with van der Waals surface area (Å²) in [6.07, 6.45) is 0. The molecule has 0 atom stereocenters. The van der Waals surface area contributed by atoms with Gasteiger partial charge >= 0.3 is 6.03 Å². The average Bonchev–Trinajstić information content (AvgIpc) is 2.20. The summed E-state index contributed by atoms with van der Waals surface area (Å²) in [6, 6.07) is 2.10. The average molecular weight is 273 g/mol. The SMILES string of the molecule is NC(=O)Nc1nc2cc(Cl)cc(Cl)c2[nH]c1=O. The summed E-state index contributed by atoms with van der Waals surface area (Å²) in [7, 11) is 0. The molecule has 1 aromatic heterocycles. The van der Waals surface area contributed by atoms with Gasteiger partial charge in [0.15, 0.2) is 0 Å². The Balaban J connectivity index is 2.71. The number of primary amides is 1. The zero-order valence-electron chi connectivity index (χ0n) is 8.25. The molecule has 0 saturated heterocycles. The summed E-state index contributed by atoms with van der Waals surface area (Å²) < 4.78 is 0. The number of amides is 2. The number of carbonyl (C=O) groups is 1. The largest absolute Gasteiger partial charge is 0.351 e. The minimum atomic E-state index is -0.879. The minimum Gasteiger partial charge on any atom is -0.351 e. The van der Waals surface area contributed by atoms with Crippen molar-refractivity contribution in [2.45, 2.75) is 0 Å². The van der Waals surface area contributed by atoms with Crippen LogP contribution in [0, 0.1) is 0 Å². The van der Waals surface area contributed by atoms with Crippen molar-refractivity contribution in [1.82, 2.24) is 9.97 Å². The number of nitrogens with zero attached hydrogens (tertiary/aromatic N) is 1. The number of hydrogen-bond acceptors (Lipinski definition) is 3. The highest BCUT2D eigenvalue weighted by molar-refractivity contribution is 6.38. The standard InChI is InChI=1S/C9H6Cl2N4O2/c10-3-1-4(11)6-5(2-3)13-7(8(16)14-6)15-9(12)17/h1-2H,(H,14,16)(H3,12,13,15,17). The lowest BCUT2D eigenvalue weighted by Crippen LogP contribution is -2.25. The molecule has 4 N–H and O–H groups in total. The molecule has 2 aromatic rings. The first-order valence-electron chi connectivity index (χ1n) is 4.43. The molecule has 0 unspecified atom stereocenters. The second kappa shape index (κ2) is 4.23. The fraction of sp³-hybridized carbons (Fsp3) is 0. The van der Waals surface area contributed by atoms with Gasteiger partial charge in [0.25, 0.3) is 5.56 Å². The Kier molecular flexibility index (Phi) is 2.91. The van der Waals surface area contributed by atoms with Gasteiger partial charge in [0.2, 0.25) is 5.82 Å². The first-order valence-corrected chi connectivity index (χ1v) is 5.18. The van der Waals surface area contributed by atoms with Crippen LogP contribution in [0.2, 0.25) is 10.0 Å². The van der Waals surface area contributed by atoms with Gasteiger partial charge in [-0.05, 0) is 12.1 Å². The number of aromatic nitrogens is 2. The maximum Gasteiger partial charge on any atom is 0.317 e. The second-order valence-corrected chi connectivity index (χ2v) is 4.03. The number of rotatable bonds is 1. The zero-order valence-corrected chi connectivity index (χ0v) is 9.76. The van der Waals surface area contributed by atoms with Crippen LogP contribution in [-0.2, 0) is 0 Å². The van der Waals surface area contributed by atoms with Gasteiger partial charge in [0.05, 0.1) is 16.1 Å². The van der Waals surface area contributed by atoms with E-state index >= 15 is 0 Å². The van der Waals surface area contributed by atoms with Gasteiger partial charge in [-0.1, -0.05) is 23.2 Å². The van der Waals surface area contributed by atoms with Crippen LogP contribution in [-0.4, -0.2) is 16.0 Å². The first-order chi connectivity index (χ1) is 7.97. The van der Waals surface area contributed by atoms with Crippen LogP contribution in [0.25, 0.3) is 11.0 Å². The van der Waals surface area contributed by atoms with Gasteiger partial charge in [-0.2, -0.15) is 0 Å². The summed E-state index contributed by atoms with van der Waals surface area (Å²) in [6.45, 7) is 0. The van der Waals surface area contributed by atoms with Crippen LogP contribution in [0.15, 0.2) is 16.9 Å². The summed E-state index contributed by atoms with van der Waals surface area (Å²) >= 11 is 11.7. The molecule has 1 heterocycles. The molecule has 0 radical (unpaired) electrons. The lowest BCUT2D eigenvalue weighted by atomic mass is 10.3. The Hall–Kier alpha value is -1.79. The number of fused-ring (bicyclic) bond motifs is 1. The van der Waals surface area contributed by atoms with E-state index < -0.39 is 11.6 Å². The molecule has 0 aliphatic heterocycles. The van der Waals surface area contributed by atoms with E-state index in [1.165, 1.54) is 12.1 Å². The molecular weight excluding hydrogens is 267 g/mol. The molecule has 8 heteroatoms. The number of nitrogens with two attached hydrogens (primary N) is 1. The van der Waals surface area contributed by atoms with Crippen molar-refractivity contribution in [3.8, 4) is 0 Å². The van der Waals surface area contributed by atoms with Crippen LogP contribution in [0.1, 0.15) is 0 Å². The van der Waals surface area contributed by atoms with Crippen LogP contribution in [0.3, 0.4) is 0 Å². The minimum absolute atomic E-state index is 0.205. The van der Waals surface area contributed by atoms with Crippen LogP contribution >= 0.6 is 23.2 Å². The molecule has 88 valence electrons. The third-order valence-corrected chi connectivity index (χ3v) is 2.48. The monoisotopic (exact) mass is 272 g/mol. The number of H-pyrrole nitrogens is 1. The van der Waals surface area contributed by atoms with E-state index in [-0.39, 0.29) is 10.8 Å². The van der Waals surface area contributed by atoms with E-state index in [0.29, 0.717) is 16.1 Å². The first kappa shape index (κ1) is 11.7. The number of hydrogen-bond donors (Lipinski definition) is 3. The molecule has 1 aromatic carbocycles. The number of benzene rings is 1. The lowest BCUT2D eigenvalue weighted by molar-refractivity contribution is 0.259. The quantitative estimate of drug-likeness (QED) is 0.737. The summed E-state index contributed by atoms with van der Waals surface area (Å²) in [5.41, 5.74) is 5.00. The number of halogens is 2. The highest BCUT2D eigenvalue weighted by Gasteiger charge is 2.09. The molecule has 0 fully saturated rings. The summed E-state index contributed by atoms with van der Waals surface area (Å²) in [5.74, 6) is -0.205. The van der Waals surface area contributed by atoms with Crippen molar-refractivity contribution in [3.05, 3.63) is 32.5 Å². The molecule has 2 amide bonds. The predicted octanol–water partition coefficient (Wildman–Crippen LogP) is 1.72. The van der Waals surface area contributed by atoms with E-state index in [1.807, 2.05) is 0 Å². The van der Waals surface area contributed by atoms with E-state index in [1.54, 1.807) is 0 Å². The molecular formula is C9H6Cl2N4O2. The topological polar surface area (TPSA) is 101 Å². The molecule has 6 nitrogen and oxygen atoms in total. The Morgan fingerprint density at radius 3 is 2.76 bits per heavy atom. The second-order valence-electron chi connectivity index (χ2n) is 3.19. The van der Waals surface area contributed by atoms with Gasteiger partial charge in [-0.3, -0.25) is 10.1 Å². The third-order valence-electron chi connectivity index (χ3n) is 1.96. The van der Waals surface area contributed by atoms with Crippen molar-refractivity contribution in [2.24, 2.45) is 5.73 Å². The third kappa shape index (κ3) is 2.32. The van der Waals surface area contributed by atoms with Crippen LogP contribution < -0.4 is 16.6 Å². The van der Waals surface area contributed by atoms with E-state index in [4.69, 9.17) is 28.9 Å². The van der Waals surface area contributed by atoms with Gasteiger partial charge in [-0.15, -0.1) is 0 Å². The Bertz CT molecular complexity index is 668. The Labute approximate surface area is 105 Å². The fourth-order valence-electron chi connectivity index (χ4n) is 1.32. The molecule has 0 aliphatic carbocycles. The predicted molar refractivity (Wildman–Crippen MR) is 65.6 cm³/mol. The highest BCUT2D eigenvalue weighted by atomic mass is 35.5. The molecule has 0 spiro atoms. The Morgan fingerprint density at radius 2 is 2.12 bits per heavy atom. The molecule has 0 bridgehead atoms. The van der Waals surface area contributed by atoms with E-state index in [0.717, 1.165) is 0 Å². The molecule has 17 heavy (non-hydrogen) atoms. The van der Waals surface area contributed by atoms with Gasteiger partial charge in [-0.25, -0.2) is 9.78 Å². The zero-order chi connectivity index (χ0) is 12.6. The number of carbonyl (C=O) groups excluding carboxylic acids is 1. The van der Waals surface area contributed by atoms with Crippen LogP contribution in [0.5, 0.6) is 0 Å². The van der Waals surface area contributed by atoms with Gasteiger partial charge in [0.1, 0.15) is 0 Å². The number of anilines is 1. The van der Waals surface area contributed by atoms with Crippen molar-refractivity contribution in [3.63, 3.8) is 0 Å². The fourth-order valence-corrected chi connectivity index (χ4v) is 1.85. The maximum absolute atomic E-state index is 11.5. The maximum atomic E-state index is 11.5. The highest BCUT2D eigenvalue weighted by Crippen LogP contribution is 2.24. The van der Waals surface area contributed by atoms with E-state index in [2.05, 4.69) is 15.3 Å². The smallest absolute Gasteiger partial charge is 0.317 e. The van der Waals surface area contributed by atoms with Crippen molar-refractivity contribution < 1.29 is 4.79 Å². The summed E-state index contributed by atoms with van der Waals surface area (Å²) in [5, 5.41) is 2.74. The Morgan fingerprint density at radius 1 is 1.41 bits per heavy atom. The van der Waals surface area contributed by atoms with E-state index in [9.17, 15) is 9.59 Å². The van der Waals surface area contributed by atoms with Crippen LogP contribution in [0.4, 0.5) is 10.6 Å². The normalized spacial score (nSPS) is 10.5. The van der Waals surface area contributed by atoms with Crippen molar-refractivity contribution >= 4 is 46.1 Å². The number of nitrogens with one attached hydrogen (secondary N) is 2. The molecule has 2 rings (SSSR count). The number of aromatic amines is 1. The molecule has 0 aliphatic rings. The number of urea groups is 1. The molecule has 0 saturated carbocycles. The van der Waals surface area contributed by atoms with Crippen molar-refractivity contribution in [2.75, 3.05) is 5.32 Å². The lowest BCUT2D eigenvalue weighted by Gasteiger charge is -2.04. The van der Waals surface area contributed by atoms with Gasteiger partial charge < -0.3 is 10.7 Å². The summed E-state index contributed by atoms with van der Waals surface area (Å²) in [4.78, 5) is 28.6. The van der Waals surface area contributed by atoms with Crippen molar-refractivity contribution in [1.29, 1.82) is 0 Å².